The number of aromatic nitrogens is 2. The molecule has 0 saturated carbocycles. The summed E-state index contributed by atoms with van der Waals surface area (Å²) in [6.07, 6.45) is 6.89. The third-order valence-electron chi connectivity index (χ3n) is 4.74. The molecule has 7 nitrogen and oxygen atoms in total. The topological polar surface area (TPSA) is 76.5 Å². The van der Waals surface area contributed by atoms with Crippen molar-refractivity contribution in [2.45, 2.75) is 32.2 Å². The first kappa shape index (κ1) is 18.9. The highest BCUT2D eigenvalue weighted by Gasteiger charge is 2.17. The Kier molecular flexibility index (Phi) is 6.11. The van der Waals surface area contributed by atoms with Crippen LogP contribution in [0.1, 0.15) is 48.1 Å². The Morgan fingerprint density at radius 2 is 2.04 bits per heavy atom. The predicted molar refractivity (Wildman–Crippen MR) is 101 cm³/mol. The number of piperidine rings is 1. The minimum atomic E-state index is -0.195. The molecule has 7 heteroatoms. The van der Waals surface area contributed by atoms with Crippen molar-refractivity contribution in [3.63, 3.8) is 0 Å². The van der Waals surface area contributed by atoms with Crippen molar-refractivity contribution in [3.8, 4) is 5.75 Å². The number of hydrogen-bond acceptors (Lipinski definition) is 4. The number of rotatable bonds is 6. The molecular formula is C20H26N4O3. The molecule has 1 fully saturated rings. The van der Waals surface area contributed by atoms with E-state index in [0.717, 1.165) is 31.5 Å². The second-order valence-corrected chi connectivity index (χ2v) is 6.90. The Morgan fingerprint density at radius 1 is 1.26 bits per heavy atom. The number of hydrogen-bond donors (Lipinski definition) is 1. The molecule has 1 aromatic carbocycles. The minimum Gasteiger partial charge on any atom is -0.484 e. The van der Waals surface area contributed by atoms with Gasteiger partial charge in [-0.05, 0) is 44.4 Å². The van der Waals surface area contributed by atoms with E-state index in [0.29, 0.717) is 11.3 Å². The first-order valence-corrected chi connectivity index (χ1v) is 9.33. The summed E-state index contributed by atoms with van der Waals surface area (Å²) in [5, 5.41) is 7.07. The zero-order valence-corrected chi connectivity index (χ0v) is 15.9. The zero-order chi connectivity index (χ0) is 19.2. The SMILES string of the molecule is C[C@H](NC(=O)c1cccc(OCC(=O)N2CCCCC2)c1)c1cnn(C)c1. The highest BCUT2D eigenvalue weighted by Crippen LogP contribution is 2.16. The second-order valence-electron chi connectivity index (χ2n) is 6.90. The van der Waals surface area contributed by atoms with Gasteiger partial charge in [0.1, 0.15) is 5.75 Å². The van der Waals surface area contributed by atoms with Gasteiger partial charge in [0.15, 0.2) is 6.61 Å². The molecule has 1 atom stereocenters. The van der Waals surface area contributed by atoms with Gasteiger partial charge in [0.2, 0.25) is 0 Å². The van der Waals surface area contributed by atoms with E-state index in [1.165, 1.54) is 6.42 Å². The molecule has 1 aliphatic heterocycles. The second kappa shape index (κ2) is 8.70. The van der Waals surface area contributed by atoms with Crippen molar-refractivity contribution in [1.29, 1.82) is 0 Å². The molecule has 144 valence electrons. The normalized spacial score (nSPS) is 15.3. The van der Waals surface area contributed by atoms with Gasteiger partial charge in [0.25, 0.3) is 11.8 Å². The van der Waals surface area contributed by atoms with Crippen LogP contribution in [-0.2, 0) is 11.8 Å². The van der Waals surface area contributed by atoms with Crippen LogP contribution in [-0.4, -0.2) is 46.2 Å². The maximum Gasteiger partial charge on any atom is 0.260 e. The maximum absolute atomic E-state index is 12.5. The smallest absolute Gasteiger partial charge is 0.260 e. The molecule has 0 aliphatic carbocycles. The number of aryl methyl sites for hydroxylation is 1. The van der Waals surface area contributed by atoms with Crippen LogP contribution in [0, 0.1) is 0 Å². The van der Waals surface area contributed by atoms with Crippen LogP contribution in [0.2, 0.25) is 0 Å². The quantitative estimate of drug-likeness (QED) is 0.847. The first-order valence-electron chi connectivity index (χ1n) is 9.33. The van der Waals surface area contributed by atoms with Gasteiger partial charge in [-0.25, -0.2) is 0 Å². The number of ether oxygens (including phenoxy) is 1. The lowest BCUT2D eigenvalue weighted by Crippen LogP contribution is -2.38. The van der Waals surface area contributed by atoms with E-state index < -0.39 is 0 Å². The number of nitrogens with one attached hydrogen (secondary N) is 1. The van der Waals surface area contributed by atoms with E-state index in [1.807, 2.05) is 25.1 Å². The van der Waals surface area contributed by atoms with Gasteiger partial charge in [-0.2, -0.15) is 5.10 Å². The van der Waals surface area contributed by atoms with E-state index in [1.54, 1.807) is 35.1 Å². The van der Waals surface area contributed by atoms with Crippen LogP contribution in [0.15, 0.2) is 36.7 Å². The summed E-state index contributed by atoms with van der Waals surface area (Å²) in [7, 11) is 1.84. The van der Waals surface area contributed by atoms with Crippen LogP contribution < -0.4 is 10.1 Å². The van der Waals surface area contributed by atoms with Gasteiger partial charge in [-0.15, -0.1) is 0 Å². The summed E-state index contributed by atoms with van der Waals surface area (Å²) in [5.41, 5.74) is 1.43. The molecule has 2 aromatic rings. The molecular weight excluding hydrogens is 344 g/mol. The van der Waals surface area contributed by atoms with Gasteiger partial charge in [-0.3, -0.25) is 14.3 Å². The highest BCUT2D eigenvalue weighted by molar-refractivity contribution is 5.94. The first-order chi connectivity index (χ1) is 13.0. The summed E-state index contributed by atoms with van der Waals surface area (Å²) >= 11 is 0. The summed E-state index contributed by atoms with van der Waals surface area (Å²) in [4.78, 5) is 26.6. The summed E-state index contributed by atoms with van der Waals surface area (Å²) < 4.78 is 7.32. The number of nitrogens with zero attached hydrogens (tertiary/aromatic N) is 3. The fourth-order valence-electron chi connectivity index (χ4n) is 3.13. The van der Waals surface area contributed by atoms with E-state index in [4.69, 9.17) is 4.74 Å². The Balaban J connectivity index is 1.56. The average molecular weight is 370 g/mol. The molecule has 1 N–H and O–H groups in total. The van der Waals surface area contributed by atoms with Gasteiger partial charge in [0.05, 0.1) is 12.2 Å². The number of carbonyl (C=O) groups is 2. The van der Waals surface area contributed by atoms with Crippen molar-refractivity contribution >= 4 is 11.8 Å². The molecule has 2 heterocycles. The van der Waals surface area contributed by atoms with Crippen molar-refractivity contribution in [2.75, 3.05) is 19.7 Å². The third kappa shape index (κ3) is 5.09. The van der Waals surface area contributed by atoms with E-state index >= 15 is 0 Å². The lowest BCUT2D eigenvalue weighted by atomic mass is 10.1. The van der Waals surface area contributed by atoms with Gasteiger partial charge in [0, 0.05) is 37.5 Å². The molecule has 2 amide bonds. The molecule has 0 spiro atoms. The monoisotopic (exact) mass is 370 g/mol. The Hall–Kier alpha value is -2.83. The van der Waals surface area contributed by atoms with Gasteiger partial charge >= 0.3 is 0 Å². The fraction of sp³-hybridized carbons (Fsp3) is 0.450. The van der Waals surface area contributed by atoms with Crippen LogP contribution in [0.3, 0.4) is 0 Å². The molecule has 1 saturated heterocycles. The molecule has 0 bridgehead atoms. The van der Waals surface area contributed by atoms with E-state index in [2.05, 4.69) is 10.4 Å². The Labute approximate surface area is 159 Å². The molecule has 27 heavy (non-hydrogen) atoms. The zero-order valence-electron chi connectivity index (χ0n) is 15.9. The number of likely N-dealkylation sites (tertiary alicyclic amines) is 1. The highest BCUT2D eigenvalue weighted by atomic mass is 16.5. The molecule has 1 aliphatic rings. The standard InChI is InChI=1S/C20H26N4O3/c1-15(17-12-21-23(2)13-17)22-20(26)16-7-6-8-18(11-16)27-14-19(25)24-9-4-3-5-10-24/h6-8,11-13,15H,3-5,9-10,14H2,1-2H3,(H,22,26)/t15-/m0/s1. The predicted octanol–water partition coefficient (Wildman–Crippen LogP) is 2.30. The summed E-state index contributed by atoms with van der Waals surface area (Å²) in [6.45, 7) is 3.51. The van der Waals surface area contributed by atoms with E-state index in [-0.39, 0.29) is 24.5 Å². The third-order valence-corrected chi connectivity index (χ3v) is 4.74. The molecule has 1 aromatic heterocycles. The van der Waals surface area contributed by atoms with Gasteiger partial charge in [-0.1, -0.05) is 6.07 Å². The maximum atomic E-state index is 12.5. The van der Waals surface area contributed by atoms with Crippen LogP contribution >= 0.6 is 0 Å². The Morgan fingerprint density at radius 3 is 2.74 bits per heavy atom. The lowest BCUT2D eigenvalue weighted by Gasteiger charge is -2.26. The summed E-state index contributed by atoms with van der Waals surface area (Å²) in [5.74, 6) is 0.316. The van der Waals surface area contributed by atoms with Crippen molar-refractivity contribution in [1.82, 2.24) is 20.0 Å². The van der Waals surface area contributed by atoms with Crippen molar-refractivity contribution < 1.29 is 14.3 Å². The number of amides is 2. The van der Waals surface area contributed by atoms with Crippen molar-refractivity contribution in [2.24, 2.45) is 7.05 Å². The molecule has 0 radical (unpaired) electrons. The van der Waals surface area contributed by atoms with Crippen molar-refractivity contribution in [3.05, 3.63) is 47.8 Å². The van der Waals surface area contributed by atoms with Gasteiger partial charge < -0.3 is 15.0 Å². The van der Waals surface area contributed by atoms with E-state index in [9.17, 15) is 9.59 Å². The number of carbonyl (C=O) groups excluding carboxylic acids is 2. The average Bonchev–Trinajstić information content (AvgIpc) is 3.13. The van der Waals surface area contributed by atoms with Crippen LogP contribution in [0.25, 0.3) is 0 Å². The lowest BCUT2D eigenvalue weighted by molar-refractivity contribution is -0.134. The largest absolute Gasteiger partial charge is 0.484 e. The minimum absolute atomic E-state index is 0.00282. The van der Waals surface area contributed by atoms with Crippen LogP contribution in [0.4, 0.5) is 0 Å². The molecule has 0 unspecified atom stereocenters. The summed E-state index contributed by atoms with van der Waals surface area (Å²) in [6, 6.07) is 6.74. The number of benzene rings is 1. The molecule has 3 rings (SSSR count). The fourth-order valence-corrected chi connectivity index (χ4v) is 3.13. The Bertz CT molecular complexity index is 796. The van der Waals surface area contributed by atoms with Crippen LogP contribution in [0.5, 0.6) is 5.75 Å².